The van der Waals surface area contributed by atoms with Crippen molar-refractivity contribution in [1.29, 1.82) is 0 Å². The number of hydrogen-bond donors (Lipinski definition) is 1. The number of rotatable bonds is 5. The predicted octanol–water partition coefficient (Wildman–Crippen LogP) is 6.80. The molecule has 5 aromatic rings. The lowest BCUT2D eigenvalue weighted by Crippen LogP contribution is -2.30. The Morgan fingerprint density at radius 3 is 2.54 bits per heavy atom. The molecule has 6 rings (SSSR count). The Bertz CT molecular complexity index is 1650. The molecule has 8 nitrogen and oxygen atoms in total. The third-order valence-corrected chi connectivity index (χ3v) is 6.77. The van der Waals surface area contributed by atoms with Crippen LogP contribution in [0.3, 0.4) is 0 Å². The van der Waals surface area contributed by atoms with Gasteiger partial charge in [0.2, 0.25) is 5.89 Å². The number of amides is 1. The minimum atomic E-state index is -0.425. The minimum Gasteiger partial charge on any atom is -0.436 e. The van der Waals surface area contributed by atoms with Crippen LogP contribution in [0.25, 0.3) is 33.3 Å². The Morgan fingerprint density at radius 1 is 0.919 bits per heavy atom. The van der Waals surface area contributed by atoms with Gasteiger partial charge >= 0.3 is 0 Å². The number of aromatic nitrogens is 1. The first kappa shape index (κ1) is 22.7. The van der Waals surface area contributed by atoms with Gasteiger partial charge in [-0.3, -0.25) is 14.9 Å². The van der Waals surface area contributed by atoms with Crippen molar-refractivity contribution in [2.75, 3.05) is 23.3 Å². The Kier molecular flexibility index (Phi) is 5.76. The van der Waals surface area contributed by atoms with Gasteiger partial charge in [-0.15, -0.1) is 0 Å². The molecule has 8 heteroatoms. The number of carbonyl (C=O) groups excluding carboxylic acids is 1. The molecule has 0 atom stereocenters. The Labute approximate surface area is 212 Å². The molecule has 1 amide bonds. The maximum atomic E-state index is 13.0. The van der Waals surface area contributed by atoms with Gasteiger partial charge in [-0.2, -0.15) is 0 Å². The molecular formula is C29H24N4O4. The maximum Gasteiger partial charge on any atom is 0.293 e. The molecule has 4 aromatic carbocycles. The van der Waals surface area contributed by atoms with Crippen LogP contribution in [0.1, 0.15) is 29.6 Å². The summed E-state index contributed by atoms with van der Waals surface area (Å²) in [4.78, 5) is 31.0. The summed E-state index contributed by atoms with van der Waals surface area (Å²) < 4.78 is 5.96. The molecular weight excluding hydrogens is 468 g/mol. The number of nitrogens with one attached hydrogen (secondary N) is 1. The van der Waals surface area contributed by atoms with Gasteiger partial charge in [-0.1, -0.05) is 30.3 Å². The highest BCUT2D eigenvalue weighted by Gasteiger charge is 2.23. The lowest BCUT2D eigenvalue weighted by Gasteiger charge is -2.28. The van der Waals surface area contributed by atoms with Gasteiger partial charge in [-0.05, 0) is 72.5 Å². The second-order valence-corrected chi connectivity index (χ2v) is 9.23. The molecule has 0 radical (unpaired) electrons. The van der Waals surface area contributed by atoms with E-state index in [1.807, 2.05) is 41.3 Å². The number of piperidine rings is 1. The van der Waals surface area contributed by atoms with Gasteiger partial charge in [0, 0.05) is 36.0 Å². The van der Waals surface area contributed by atoms with Crippen LogP contribution in [-0.2, 0) is 0 Å². The fourth-order valence-corrected chi connectivity index (χ4v) is 4.87. The monoisotopic (exact) mass is 492 g/mol. The van der Waals surface area contributed by atoms with Crippen molar-refractivity contribution in [3.8, 4) is 11.5 Å². The number of benzene rings is 4. The van der Waals surface area contributed by atoms with Crippen LogP contribution < -0.4 is 10.2 Å². The first-order valence-electron chi connectivity index (χ1n) is 12.3. The zero-order valence-corrected chi connectivity index (χ0v) is 20.0. The number of nitro groups is 1. The summed E-state index contributed by atoms with van der Waals surface area (Å²) in [5.74, 6) is 0.0686. The van der Waals surface area contributed by atoms with Gasteiger partial charge < -0.3 is 14.6 Å². The molecule has 1 aliphatic heterocycles. The van der Waals surface area contributed by atoms with E-state index < -0.39 is 10.8 Å². The minimum absolute atomic E-state index is 0.0541. The van der Waals surface area contributed by atoms with Crippen molar-refractivity contribution in [2.24, 2.45) is 0 Å². The Hall–Kier alpha value is -4.72. The van der Waals surface area contributed by atoms with Crippen molar-refractivity contribution in [1.82, 2.24) is 4.98 Å². The van der Waals surface area contributed by atoms with E-state index in [2.05, 4.69) is 16.4 Å². The van der Waals surface area contributed by atoms with E-state index in [0.29, 0.717) is 28.4 Å². The smallest absolute Gasteiger partial charge is 0.293 e. The maximum absolute atomic E-state index is 13.0. The van der Waals surface area contributed by atoms with Crippen molar-refractivity contribution < 1.29 is 14.1 Å². The standard InChI is InChI=1S/C29H24N4O4/c34-28(21-10-12-25(26(17-21)33(35)36)32-14-4-1-5-15-32)30-23-11-13-27-24(18-23)31-29(37-27)22-9-8-19-6-2-3-7-20(19)16-22/h2-3,6-13,16-18H,1,4-5,14-15H2,(H,30,34). The van der Waals surface area contributed by atoms with Gasteiger partial charge in [0.25, 0.3) is 11.6 Å². The SMILES string of the molecule is O=C(Nc1ccc2oc(-c3ccc4ccccc4c3)nc2c1)c1ccc(N2CCCCC2)c([N+](=O)[O-])c1. The van der Waals surface area contributed by atoms with Crippen LogP contribution in [-0.4, -0.2) is 28.9 Å². The fraction of sp³-hybridized carbons (Fsp3) is 0.172. The fourth-order valence-electron chi connectivity index (χ4n) is 4.87. The van der Waals surface area contributed by atoms with Gasteiger partial charge in [0.1, 0.15) is 11.2 Å². The van der Waals surface area contributed by atoms with E-state index in [1.54, 1.807) is 30.3 Å². The lowest BCUT2D eigenvalue weighted by molar-refractivity contribution is -0.384. The van der Waals surface area contributed by atoms with E-state index in [9.17, 15) is 14.9 Å². The number of anilines is 2. The third-order valence-electron chi connectivity index (χ3n) is 6.77. The van der Waals surface area contributed by atoms with E-state index >= 15 is 0 Å². The average Bonchev–Trinajstić information content (AvgIpc) is 3.36. The number of oxazole rings is 1. The summed E-state index contributed by atoms with van der Waals surface area (Å²) in [6, 6.07) is 24.0. The molecule has 0 bridgehead atoms. The van der Waals surface area contributed by atoms with Gasteiger partial charge in [-0.25, -0.2) is 4.98 Å². The van der Waals surface area contributed by atoms with E-state index in [4.69, 9.17) is 4.42 Å². The Morgan fingerprint density at radius 2 is 1.73 bits per heavy atom. The molecule has 0 unspecified atom stereocenters. The van der Waals surface area contributed by atoms with Crippen molar-refractivity contribution in [3.63, 3.8) is 0 Å². The number of hydrogen-bond acceptors (Lipinski definition) is 6. The molecule has 37 heavy (non-hydrogen) atoms. The number of nitrogens with zero attached hydrogens (tertiary/aromatic N) is 3. The summed E-state index contributed by atoms with van der Waals surface area (Å²) in [5, 5.41) is 16.8. The highest BCUT2D eigenvalue weighted by Crippen LogP contribution is 2.32. The van der Waals surface area contributed by atoms with Crippen LogP contribution in [0, 0.1) is 10.1 Å². The zero-order chi connectivity index (χ0) is 25.4. The number of carbonyl (C=O) groups is 1. The topological polar surface area (TPSA) is 102 Å². The second kappa shape index (κ2) is 9.39. The highest BCUT2D eigenvalue weighted by atomic mass is 16.6. The molecule has 1 saturated heterocycles. The van der Waals surface area contributed by atoms with Crippen LogP contribution in [0.2, 0.25) is 0 Å². The van der Waals surface area contributed by atoms with E-state index in [-0.39, 0.29) is 11.3 Å². The van der Waals surface area contributed by atoms with E-state index in [1.165, 1.54) is 6.07 Å². The summed E-state index contributed by atoms with van der Waals surface area (Å²) in [6.07, 6.45) is 3.14. The molecule has 2 heterocycles. The molecule has 1 aliphatic rings. The Balaban J connectivity index is 1.25. The van der Waals surface area contributed by atoms with Crippen LogP contribution >= 0.6 is 0 Å². The van der Waals surface area contributed by atoms with Crippen molar-refractivity contribution in [3.05, 3.63) is 94.5 Å². The number of nitro benzene ring substituents is 1. The predicted molar refractivity (Wildman–Crippen MR) is 144 cm³/mol. The third kappa shape index (κ3) is 4.49. The van der Waals surface area contributed by atoms with E-state index in [0.717, 1.165) is 48.7 Å². The van der Waals surface area contributed by atoms with Crippen molar-refractivity contribution in [2.45, 2.75) is 19.3 Å². The summed E-state index contributed by atoms with van der Waals surface area (Å²) >= 11 is 0. The molecule has 1 N–H and O–H groups in total. The first-order valence-corrected chi connectivity index (χ1v) is 12.3. The molecule has 0 aliphatic carbocycles. The van der Waals surface area contributed by atoms with Crippen LogP contribution in [0.5, 0.6) is 0 Å². The molecule has 0 saturated carbocycles. The molecule has 1 aromatic heterocycles. The van der Waals surface area contributed by atoms with Gasteiger partial charge in [0.05, 0.1) is 4.92 Å². The average molecular weight is 493 g/mol. The number of fused-ring (bicyclic) bond motifs is 2. The summed E-state index contributed by atoms with van der Waals surface area (Å²) in [5.41, 5.74) is 3.33. The summed E-state index contributed by atoms with van der Waals surface area (Å²) in [6.45, 7) is 1.57. The molecule has 1 fully saturated rings. The zero-order valence-electron chi connectivity index (χ0n) is 20.0. The van der Waals surface area contributed by atoms with Crippen LogP contribution in [0.4, 0.5) is 17.1 Å². The second-order valence-electron chi connectivity index (χ2n) is 9.23. The first-order chi connectivity index (χ1) is 18.0. The van der Waals surface area contributed by atoms with Crippen LogP contribution in [0.15, 0.2) is 83.3 Å². The quantitative estimate of drug-likeness (QED) is 0.214. The van der Waals surface area contributed by atoms with Crippen molar-refractivity contribution >= 4 is 44.8 Å². The largest absolute Gasteiger partial charge is 0.436 e. The normalized spacial score (nSPS) is 13.7. The lowest BCUT2D eigenvalue weighted by atomic mass is 10.1. The summed E-state index contributed by atoms with van der Waals surface area (Å²) in [7, 11) is 0. The van der Waals surface area contributed by atoms with Gasteiger partial charge in [0.15, 0.2) is 5.58 Å². The molecule has 184 valence electrons. The molecule has 0 spiro atoms. The highest BCUT2D eigenvalue weighted by molar-refractivity contribution is 6.05.